The minimum atomic E-state index is -2.67. The molecular formula is C16H18BrClF2N6O. The van der Waals surface area contributed by atoms with Crippen molar-refractivity contribution in [3.05, 3.63) is 44.1 Å². The average molecular weight is 464 g/mol. The normalized spacial score (nSPS) is 12.9. The number of halogens is 4. The number of aromatic nitrogens is 6. The Morgan fingerprint density at radius 1 is 1.15 bits per heavy atom. The highest BCUT2D eigenvalue weighted by molar-refractivity contribution is 9.10. The van der Waals surface area contributed by atoms with Crippen LogP contribution in [0.2, 0.25) is 5.02 Å². The van der Waals surface area contributed by atoms with E-state index in [2.05, 4.69) is 36.3 Å². The van der Waals surface area contributed by atoms with Gasteiger partial charge in [0.15, 0.2) is 0 Å². The maximum atomic E-state index is 13.0. The van der Waals surface area contributed by atoms with Crippen LogP contribution in [-0.4, -0.2) is 29.8 Å². The van der Waals surface area contributed by atoms with Gasteiger partial charge in [0.25, 0.3) is 6.43 Å². The van der Waals surface area contributed by atoms with Crippen LogP contribution in [0.4, 0.5) is 8.78 Å². The zero-order valence-corrected chi connectivity index (χ0v) is 17.5. The molecule has 0 aliphatic carbocycles. The largest absolute Gasteiger partial charge is 0.423 e. The smallest absolute Gasteiger partial charge is 0.283 e. The van der Waals surface area contributed by atoms with Crippen molar-refractivity contribution in [2.24, 2.45) is 0 Å². The lowest BCUT2D eigenvalue weighted by Crippen LogP contribution is -2.11. The fraction of sp³-hybridized carbons (Fsp3) is 0.500. The van der Waals surface area contributed by atoms with E-state index in [1.54, 1.807) is 18.5 Å². The minimum absolute atomic E-state index is 0.283. The first-order valence-corrected chi connectivity index (χ1v) is 9.42. The molecule has 0 unspecified atom stereocenters. The summed E-state index contributed by atoms with van der Waals surface area (Å²) in [7, 11) is 0. The van der Waals surface area contributed by atoms with Crippen molar-refractivity contribution in [3.8, 4) is 0 Å². The Balaban J connectivity index is 1.75. The Morgan fingerprint density at radius 3 is 2.41 bits per heavy atom. The highest BCUT2D eigenvalue weighted by Gasteiger charge is 2.25. The zero-order chi connectivity index (χ0) is 19.9. The summed E-state index contributed by atoms with van der Waals surface area (Å²) >= 11 is 9.31. The summed E-state index contributed by atoms with van der Waals surface area (Å²) in [6.45, 7) is 7.74. The third-order valence-electron chi connectivity index (χ3n) is 4.35. The molecule has 0 amide bonds. The number of hydrogen-bond acceptors (Lipinski definition) is 5. The first-order valence-electron chi connectivity index (χ1n) is 8.25. The fourth-order valence-electron chi connectivity index (χ4n) is 2.77. The maximum Gasteiger partial charge on any atom is 0.283 e. The monoisotopic (exact) mass is 462 g/mol. The summed E-state index contributed by atoms with van der Waals surface area (Å²) in [5, 5.41) is 17.1. The fourth-order valence-corrected chi connectivity index (χ4v) is 3.34. The van der Waals surface area contributed by atoms with Crippen molar-refractivity contribution < 1.29 is 13.2 Å². The Morgan fingerprint density at radius 2 is 1.85 bits per heavy atom. The molecule has 0 radical (unpaired) electrons. The summed E-state index contributed by atoms with van der Waals surface area (Å²) in [6.07, 6.45) is -2.19. The summed E-state index contributed by atoms with van der Waals surface area (Å²) in [6, 6.07) is -0.474. The molecule has 0 aromatic carbocycles. The predicted octanol–water partition coefficient (Wildman–Crippen LogP) is 4.59. The second kappa shape index (κ2) is 7.67. The molecule has 1 atom stereocenters. The van der Waals surface area contributed by atoms with E-state index in [-0.39, 0.29) is 10.2 Å². The average Bonchev–Trinajstić information content (AvgIpc) is 3.28. The van der Waals surface area contributed by atoms with E-state index in [0.29, 0.717) is 35.5 Å². The molecule has 27 heavy (non-hydrogen) atoms. The summed E-state index contributed by atoms with van der Waals surface area (Å²) in [5.74, 6) is 0.730. The van der Waals surface area contributed by atoms with Gasteiger partial charge in [-0.25, -0.2) is 8.78 Å². The van der Waals surface area contributed by atoms with Gasteiger partial charge in [-0.05, 0) is 43.6 Å². The Labute approximate surface area is 167 Å². The van der Waals surface area contributed by atoms with Crippen molar-refractivity contribution in [2.75, 3.05) is 0 Å². The van der Waals surface area contributed by atoms with Gasteiger partial charge in [0, 0.05) is 13.0 Å². The van der Waals surface area contributed by atoms with Crippen molar-refractivity contribution in [3.63, 3.8) is 0 Å². The molecule has 0 aliphatic rings. The molecule has 3 aromatic heterocycles. The summed E-state index contributed by atoms with van der Waals surface area (Å²) in [5.41, 5.74) is 1.90. The van der Waals surface area contributed by atoms with Crippen LogP contribution in [0, 0.1) is 20.8 Å². The van der Waals surface area contributed by atoms with Crippen molar-refractivity contribution in [1.29, 1.82) is 0 Å². The first kappa shape index (κ1) is 19.9. The Hall–Kier alpha value is -1.81. The van der Waals surface area contributed by atoms with Crippen LogP contribution < -0.4 is 0 Å². The van der Waals surface area contributed by atoms with Crippen LogP contribution in [0.25, 0.3) is 0 Å². The molecule has 7 nitrogen and oxygen atoms in total. The van der Waals surface area contributed by atoms with Gasteiger partial charge in [-0.3, -0.25) is 9.36 Å². The molecular weight excluding hydrogens is 446 g/mol. The summed E-state index contributed by atoms with van der Waals surface area (Å²) in [4.78, 5) is 0. The molecule has 3 aromatic rings. The van der Waals surface area contributed by atoms with Crippen LogP contribution >= 0.6 is 27.5 Å². The van der Waals surface area contributed by atoms with E-state index < -0.39 is 12.5 Å². The van der Waals surface area contributed by atoms with E-state index in [0.717, 1.165) is 11.4 Å². The molecule has 3 rings (SSSR count). The van der Waals surface area contributed by atoms with E-state index >= 15 is 0 Å². The lowest BCUT2D eigenvalue weighted by Gasteiger charge is -2.09. The van der Waals surface area contributed by atoms with Crippen LogP contribution in [0.3, 0.4) is 0 Å². The topological polar surface area (TPSA) is 74.6 Å². The van der Waals surface area contributed by atoms with Gasteiger partial charge in [-0.2, -0.15) is 10.2 Å². The molecule has 0 aliphatic heterocycles. The maximum absolute atomic E-state index is 13.0. The highest BCUT2D eigenvalue weighted by Crippen LogP contribution is 2.31. The molecule has 0 saturated carbocycles. The van der Waals surface area contributed by atoms with Gasteiger partial charge >= 0.3 is 0 Å². The zero-order valence-electron chi connectivity index (χ0n) is 15.2. The van der Waals surface area contributed by atoms with Gasteiger partial charge in [-0.15, -0.1) is 10.2 Å². The van der Waals surface area contributed by atoms with E-state index in [4.69, 9.17) is 16.0 Å². The van der Waals surface area contributed by atoms with E-state index in [9.17, 15) is 8.78 Å². The van der Waals surface area contributed by atoms with Crippen LogP contribution in [0.1, 0.15) is 53.9 Å². The molecule has 146 valence electrons. The first-order chi connectivity index (χ1) is 12.7. The molecule has 11 heteroatoms. The van der Waals surface area contributed by atoms with E-state index in [1.807, 2.05) is 13.8 Å². The number of hydrogen-bond donors (Lipinski definition) is 0. The SMILES string of the molecule is Cc1nn(CCc2nnc([C@@H](C)n3nc(C(F)F)c(Br)c3C)o2)c(C)c1Cl. The molecule has 0 N–H and O–H groups in total. The number of alkyl halides is 2. The molecule has 0 fully saturated rings. The quantitative estimate of drug-likeness (QED) is 0.534. The lowest BCUT2D eigenvalue weighted by atomic mass is 10.3. The Bertz CT molecular complexity index is 967. The highest BCUT2D eigenvalue weighted by atomic mass is 79.9. The third-order valence-corrected chi connectivity index (χ3v) is 5.87. The van der Waals surface area contributed by atoms with Crippen LogP contribution in [0.5, 0.6) is 0 Å². The molecule has 0 bridgehead atoms. The van der Waals surface area contributed by atoms with Gasteiger partial charge < -0.3 is 4.42 Å². The van der Waals surface area contributed by atoms with Gasteiger partial charge in [-0.1, -0.05) is 11.6 Å². The molecule has 3 heterocycles. The van der Waals surface area contributed by atoms with Gasteiger partial charge in [0.05, 0.1) is 26.6 Å². The second-order valence-electron chi connectivity index (χ2n) is 6.20. The predicted molar refractivity (Wildman–Crippen MR) is 98.1 cm³/mol. The van der Waals surface area contributed by atoms with Gasteiger partial charge in [0.2, 0.25) is 11.8 Å². The third kappa shape index (κ3) is 3.77. The van der Waals surface area contributed by atoms with Crippen molar-refractivity contribution in [2.45, 2.75) is 53.1 Å². The van der Waals surface area contributed by atoms with Crippen molar-refractivity contribution in [1.82, 2.24) is 29.8 Å². The van der Waals surface area contributed by atoms with Gasteiger partial charge in [0.1, 0.15) is 11.7 Å². The molecule has 0 saturated heterocycles. The van der Waals surface area contributed by atoms with E-state index in [1.165, 1.54) is 4.68 Å². The van der Waals surface area contributed by atoms with Crippen LogP contribution in [-0.2, 0) is 13.0 Å². The second-order valence-corrected chi connectivity index (χ2v) is 7.37. The minimum Gasteiger partial charge on any atom is -0.423 e. The Kier molecular flexibility index (Phi) is 5.66. The summed E-state index contributed by atoms with van der Waals surface area (Å²) < 4.78 is 35.3. The van der Waals surface area contributed by atoms with Crippen molar-refractivity contribution >= 4 is 27.5 Å². The standard InChI is InChI=1S/C16H18BrClF2N6O/c1-7-13(18)9(3)25(23-7)6-5-11-21-22-16(27-11)10(4)26-8(2)12(17)14(24-26)15(19)20/h10,15H,5-6H2,1-4H3/t10-/m1/s1. The number of rotatable bonds is 6. The van der Waals surface area contributed by atoms with Crippen LogP contribution in [0.15, 0.2) is 8.89 Å². The number of nitrogens with zero attached hydrogens (tertiary/aromatic N) is 6. The lowest BCUT2D eigenvalue weighted by molar-refractivity contribution is 0.144. The molecule has 0 spiro atoms. The number of aryl methyl sites for hydroxylation is 3.